The lowest BCUT2D eigenvalue weighted by Gasteiger charge is -2.20. The van der Waals surface area contributed by atoms with Crippen LogP contribution in [-0.2, 0) is 14.8 Å². The van der Waals surface area contributed by atoms with Crippen molar-refractivity contribution in [3.8, 4) is 17.2 Å². The molecule has 1 aliphatic heterocycles. The molecule has 0 bridgehead atoms. The van der Waals surface area contributed by atoms with E-state index in [1.807, 2.05) is 0 Å². The number of anilines is 1. The molecule has 156 valence electrons. The number of ether oxygens (including phenoxy) is 3. The zero-order valence-electron chi connectivity index (χ0n) is 16.0. The van der Waals surface area contributed by atoms with Crippen molar-refractivity contribution in [3.63, 3.8) is 0 Å². The molecule has 0 fully saturated rings. The van der Waals surface area contributed by atoms with Gasteiger partial charge in [0.25, 0.3) is 5.91 Å². The molecule has 29 heavy (non-hydrogen) atoms. The van der Waals surface area contributed by atoms with Crippen LogP contribution in [0.1, 0.15) is 13.8 Å². The Morgan fingerprint density at radius 2 is 1.86 bits per heavy atom. The Hall–Kier alpha value is -2.49. The number of nitrogens with zero attached hydrogens (tertiary/aromatic N) is 1. The highest BCUT2D eigenvalue weighted by Crippen LogP contribution is 2.34. The lowest BCUT2D eigenvalue weighted by Crippen LogP contribution is -2.31. The molecule has 0 saturated heterocycles. The molecule has 0 aliphatic carbocycles. The number of nitrogens with one attached hydrogen (secondary N) is 1. The van der Waals surface area contributed by atoms with Crippen LogP contribution in [0.3, 0.4) is 0 Å². The number of benzene rings is 2. The van der Waals surface area contributed by atoms with Gasteiger partial charge in [-0.05, 0) is 30.3 Å². The van der Waals surface area contributed by atoms with E-state index in [0.717, 1.165) is 0 Å². The average molecular weight is 441 g/mol. The minimum absolute atomic E-state index is 0.0575. The Balaban J connectivity index is 1.73. The normalized spacial score (nSPS) is 12.8. The lowest BCUT2D eigenvalue weighted by molar-refractivity contribution is -0.118. The van der Waals surface area contributed by atoms with E-state index < -0.39 is 15.9 Å². The summed E-state index contributed by atoms with van der Waals surface area (Å²) in [7, 11) is -3.81. The van der Waals surface area contributed by atoms with E-state index >= 15 is 0 Å². The number of fused-ring (bicyclic) bond motifs is 1. The smallest absolute Gasteiger partial charge is 0.262 e. The molecule has 1 heterocycles. The second-order valence-corrected chi connectivity index (χ2v) is 8.43. The van der Waals surface area contributed by atoms with Gasteiger partial charge < -0.3 is 19.5 Å². The first-order valence-corrected chi connectivity index (χ1v) is 10.8. The van der Waals surface area contributed by atoms with Crippen molar-refractivity contribution in [2.45, 2.75) is 18.7 Å². The molecule has 0 radical (unpaired) electrons. The van der Waals surface area contributed by atoms with Gasteiger partial charge in [-0.15, -0.1) is 0 Å². The third kappa shape index (κ3) is 4.75. The van der Waals surface area contributed by atoms with Crippen LogP contribution in [-0.4, -0.2) is 45.1 Å². The average Bonchev–Trinajstić information content (AvgIpc) is 3.15. The van der Waals surface area contributed by atoms with Gasteiger partial charge in [-0.25, -0.2) is 8.42 Å². The van der Waals surface area contributed by atoms with Crippen LogP contribution < -0.4 is 19.5 Å². The number of hydrogen-bond donors (Lipinski definition) is 1. The minimum atomic E-state index is -3.81. The summed E-state index contributed by atoms with van der Waals surface area (Å²) in [4.78, 5) is 12.2. The van der Waals surface area contributed by atoms with E-state index in [2.05, 4.69) is 5.32 Å². The van der Waals surface area contributed by atoms with Crippen molar-refractivity contribution < 1.29 is 27.4 Å². The summed E-state index contributed by atoms with van der Waals surface area (Å²) in [5.74, 6) is 0.743. The summed E-state index contributed by atoms with van der Waals surface area (Å²) >= 11 is 5.99. The Morgan fingerprint density at radius 1 is 1.14 bits per heavy atom. The van der Waals surface area contributed by atoms with Gasteiger partial charge in [0.05, 0.1) is 0 Å². The lowest BCUT2D eigenvalue weighted by atomic mass is 10.3. The molecule has 3 rings (SSSR count). The van der Waals surface area contributed by atoms with Crippen molar-refractivity contribution in [1.82, 2.24) is 4.31 Å². The summed E-state index contributed by atoms with van der Waals surface area (Å²) in [6.07, 6.45) is 0. The maximum atomic E-state index is 12.9. The van der Waals surface area contributed by atoms with Gasteiger partial charge in [0.1, 0.15) is 10.6 Å². The molecule has 2 aromatic rings. The largest absolute Gasteiger partial charge is 0.482 e. The molecule has 0 unspecified atom stereocenters. The molecule has 0 spiro atoms. The minimum Gasteiger partial charge on any atom is -0.482 e. The first kappa shape index (κ1) is 21.2. The van der Waals surface area contributed by atoms with Crippen LogP contribution in [0, 0.1) is 0 Å². The van der Waals surface area contributed by atoms with Crippen LogP contribution in [0.25, 0.3) is 0 Å². The van der Waals surface area contributed by atoms with E-state index in [0.29, 0.717) is 30.3 Å². The molecule has 8 nitrogen and oxygen atoms in total. The molecule has 10 heteroatoms. The first-order valence-electron chi connectivity index (χ1n) is 8.97. The van der Waals surface area contributed by atoms with Crippen LogP contribution in [0.15, 0.2) is 41.3 Å². The maximum absolute atomic E-state index is 12.9. The van der Waals surface area contributed by atoms with E-state index in [9.17, 15) is 13.2 Å². The number of amides is 1. The number of rotatable bonds is 8. The van der Waals surface area contributed by atoms with Crippen LogP contribution >= 0.6 is 11.6 Å². The number of sulfonamides is 1. The van der Waals surface area contributed by atoms with E-state index in [1.165, 1.54) is 22.5 Å². The highest BCUT2D eigenvalue weighted by atomic mass is 35.5. The summed E-state index contributed by atoms with van der Waals surface area (Å²) in [5, 5.41) is 2.93. The predicted octanol–water partition coefficient (Wildman–Crippen LogP) is 3.12. The topological polar surface area (TPSA) is 94.2 Å². The summed E-state index contributed by atoms with van der Waals surface area (Å²) in [6, 6.07) is 9.26. The fourth-order valence-electron chi connectivity index (χ4n) is 2.82. The van der Waals surface area contributed by atoms with Gasteiger partial charge >= 0.3 is 0 Å². The zero-order valence-corrected chi connectivity index (χ0v) is 17.5. The summed E-state index contributed by atoms with van der Waals surface area (Å²) in [5.41, 5.74) is 0.509. The van der Waals surface area contributed by atoms with Gasteiger partial charge in [0, 0.05) is 29.9 Å². The first-order chi connectivity index (χ1) is 13.8. The Morgan fingerprint density at radius 3 is 2.59 bits per heavy atom. The van der Waals surface area contributed by atoms with E-state index in [-0.39, 0.29) is 29.1 Å². The second kappa shape index (κ2) is 8.89. The van der Waals surface area contributed by atoms with Crippen LogP contribution in [0.5, 0.6) is 17.2 Å². The van der Waals surface area contributed by atoms with Crippen LogP contribution in [0.2, 0.25) is 5.02 Å². The van der Waals surface area contributed by atoms with Gasteiger partial charge in [-0.1, -0.05) is 25.4 Å². The standard InChI is InChI=1S/C19H21ClN2O6S/c1-3-22(4-2)29(24,25)18-9-13(20)5-7-16(18)26-11-19(23)21-14-6-8-15-17(10-14)28-12-27-15/h5-10H,3-4,11-12H2,1-2H3,(H,21,23). The van der Waals surface area contributed by atoms with Crippen molar-refractivity contribution in [2.24, 2.45) is 0 Å². The maximum Gasteiger partial charge on any atom is 0.262 e. The number of halogens is 1. The molecule has 0 saturated carbocycles. The van der Waals surface area contributed by atoms with Gasteiger partial charge in [0.2, 0.25) is 16.8 Å². The number of carbonyl (C=O) groups is 1. The van der Waals surface area contributed by atoms with Crippen molar-refractivity contribution in [3.05, 3.63) is 41.4 Å². The SMILES string of the molecule is CCN(CC)S(=O)(=O)c1cc(Cl)ccc1OCC(=O)Nc1ccc2c(c1)OCO2. The molecule has 2 aromatic carbocycles. The molecular weight excluding hydrogens is 420 g/mol. The fourth-order valence-corrected chi connectivity index (χ4v) is 4.67. The summed E-state index contributed by atoms with van der Waals surface area (Å²) < 4.78 is 43.0. The molecule has 1 amide bonds. The van der Waals surface area contributed by atoms with Crippen molar-refractivity contribution in [2.75, 3.05) is 31.8 Å². The highest BCUT2D eigenvalue weighted by molar-refractivity contribution is 7.89. The summed E-state index contributed by atoms with van der Waals surface area (Å²) in [6.45, 7) is 3.84. The predicted molar refractivity (Wildman–Crippen MR) is 108 cm³/mol. The third-order valence-corrected chi connectivity index (χ3v) is 6.55. The van der Waals surface area contributed by atoms with Crippen molar-refractivity contribution >= 4 is 33.2 Å². The molecule has 0 aromatic heterocycles. The Bertz CT molecular complexity index is 1010. The van der Waals surface area contributed by atoms with Gasteiger partial charge in [-0.3, -0.25) is 4.79 Å². The Labute approximate surface area is 174 Å². The molecule has 0 atom stereocenters. The van der Waals surface area contributed by atoms with Gasteiger partial charge in [-0.2, -0.15) is 4.31 Å². The third-order valence-electron chi connectivity index (χ3n) is 4.24. The number of carbonyl (C=O) groups excluding carboxylic acids is 1. The van der Waals surface area contributed by atoms with Crippen LogP contribution in [0.4, 0.5) is 5.69 Å². The zero-order chi connectivity index (χ0) is 21.0. The molecular formula is C19H21ClN2O6S. The van der Waals surface area contributed by atoms with Gasteiger partial charge in [0.15, 0.2) is 18.1 Å². The molecule has 1 N–H and O–H groups in total. The second-order valence-electron chi connectivity index (χ2n) is 6.09. The quantitative estimate of drug-likeness (QED) is 0.677. The number of hydrogen-bond acceptors (Lipinski definition) is 6. The monoisotopic (exact) mass is 440 g/mol. The van der Waals surface area contributed by atoms with E-state index in [4.69, 9.17) is 25.8 Å². The Kier molecular flexibility index (Phi) is 6.51. The van der Waals surface area contributed by atoms with Crippen molar-refractivity contribution in [1.29, 1.82) is 0 Å². The fraction of sp³-hybridized carbons (Fsp3) is 0.316. The highest BCUT2D eigenvalue weighted by Gasteiger charge is 2.26. The van der Waals surface area contributed by atoms with E-state index in [1.54, 1.807) is 32.0 Å². The molecule has 1 aliphatic rings.